The normalized spacial score (nSPS) is 13.7. The Balaban J connectivity index is 0.00000308. The minimum Gasteiger partial charge on any atom is -0.657 e. The van der Waals surface area contributed by atoms with E-state index in [2.05, 4.69) is 51.8 Å². The van der Waals surface area contributed by atoms with E-state index in [-0.39, 0.29) is 30.9 Å². The number of rotatable bonds is 2. The molecule has 190 valence electrons. The molecule has 3 aromatic heterocycles. The number of nitrogens with zero attached hydrogens (tertiary/aromatic N) is 4. The van der Waals surface area contributed by atoms with Crippen LogP contribution in [0.15, 0.2) is 63.5 Å². The number of carbonyl (C=O) groups excluding carboxylic acids is 1. The van der Waals surface area contributed by atoms with Crippen molar-refractivity contribution in [2.45, 2.75) is 25.7 Å². The average Bonchev–Trinajstić information content (AvgIpc) is 3.63. The molecule has 0 amide bonds. The van der Waals surface area contributed by atoms with Crippen LogP contribution < -0.4 is 9.97 Å². The van der Waals surface area contributed by atoms with E-state index in [9.17, 15) is 4.79 Å². The first kappa shape index (κ1) is 27.7. The van der Waals surface area contributed by atoms with Crippen molar-refractivity contribution in [3.8, 4) is 11.1 Å². The topological polar surface area (TPSA) is 80.3 Å². The number of carbonyl (C=O) groups is 1. The third-order valence-corrected chi connectivity index (χ3v) is 8.01. The number of methoxy groups -OCH3 is 1. The minimum atomic E-state index is -0.380. The number of aromatic nitrogens is 4. The van der Waals surface area contributed by atoms with Gasteiger partial charge >= 0.3 is 25.4 Å². The van der Waals surface area contributed by atoms with E-state index in [0.29, 0.717) is 5.56 Å². The van der Waals surface area contributed by atoms with Crippen molar-refractivity contribution >= 4 is 72.0 Å². The molecule has 5 heterocycles. The zero-order chi connectivity index (χ0) is 26.6. The number of ether oxygens (including phenoxy) is 1. The van der Waals surface area contributed by atoms with Crippen molar-refractivity contribution in [1.82, 2.24) is 19.9 Å². The van der Waals surface area contributed by atoms with E-state index >= 15 is 0 Å². The molecule has 9 heteroatoms. The molecule has 0 aliphatic carbocycles. The summed E-state index contributed by atoms with van der Waals surface area (Å²) in [5.74, 6) is -0.380. The molecule has 0 N–H and O–H groups in total. The van der Waals surface area contributed by atoms with Crippen molar-refractivity contribution in [3.05, 3.63) is 91.9 Å². The van der Waals surface area contributed by atoms with Crippen LogP contribution in [-0.2, 0) is 36.1 Å². The second kappa shape index (κ2) is 10.6. The molecular formula is C30H22Br2N4O2Zn. The van der Waals surface area contributed by atoms with Gasteiger partial charge in [0.25, 0.3) is 0 Å². The first-order valence-electron chi connectivity index (χ1n) is 12.1. The van der Waals surface area contributed by atoms with Crippen LogP contribution in [0.2, 0.25) is 0 Å². The van der Waals surface area contributed by atoms with Gasteiger partial charge in [0.05, 0.1) is 24.1 Å². The van der Waals surface area contributed by atoms with E-state index in [1.54, 1.807) is 12.1 Å². The molecular weight excluding hydrogens is 674 g/mol. The Morgan fingerprint density at radius 2 is 1.62 bits per heavy atom. The Bertz CT molecular complexity index is 1800. The van der Waals surface area contributed by atoms with Crippen molar-refractivity contribution in [3.63, 3.8) is 0 Å². The fourth-order valence-corrected chi connectivity index (χ4v) is 5.65. The molecule has 8 bridgehead atoms. The molecule has 2 aliphatic rings. The van der Waals surface area contributed by atoms with E-state index in [0.717, 1.165) is 71.3 Å². The van der Waals surface area contributed by atoms with Crippen molar-refractivity contribution in [2.24, 2.45) is 0 Å². The van der Waals surface area contributed by atoms with Crippen molar-refractivity contribution in [1.29, 1.82) is 0 Å². The molecule has 2 aliphatic heterocycles. The predicted octanol–water partition coefficient (Wildman–Crippen LogP) is 7.24. The standard InChI is InChI=1S/C30H23Br2N4O2.Zn/c1-30(2)15-20-12-25-22(32)14-26(36-25)28(16-4-6-17(7-5-16)29(37)38-3)23-9-8-18(33-23)11-24-21(31)10-19(34-24)13-27(30)35-20;/h4-14H,15H2,1-3H3,(H-,33,34,35,36,37);/q-1;+2/p-1. The van der Waals surface area contributed by atoms with Crippen molar-refractivity contribution in [2.75, 3.05) is 7.11 Å². The smallest absolute Gasteiger partial charge is 0.657 e. The SMILES string of the molecule is COC(=O)c1ccc(-c2c3nc(cc4[n-]c(cc5nc(cc6[n-]c2cc6Br)CC5(C)C)cc4Br)C=C3)cc1.[Zn+2]. The van der Waals surface area contributed by atoms with Crippen LogP contribution >= 0.6 is 31.9 Å². The van der Waals surface area contributed by atoms with E-state index in [1.165, 1.54) is 7.11 Å². The fourth-order valence-electron chi connectivity index (χ4n) is 4.80. The number of halogens is 2. The van der Waals surface area contributed by atoms with Crippen LogP contribution in [0.3, 0.4) is 0 Å². The Morgan fingerprint density at radius 1 is 0.897 bits per heavy atom. The van der Waals surface area contributed by atoms with Gasteiger partial charge in [-0.05, 0) is 35.4 Å². The molecule has 6 rings (SSSR count). The summed E-state index contributed by atoms with van der Waals surface area (Å²) in [7, 11) is 1.37. The number of hydrogen-bond acceptors (Lipinski definition) is 4. The molecule has 0 radical (unpaired) electrons. The van der Waals surface area contributed by atoms with Gasteiger partial charge in [0.1, 0.15) is 0 Å². The largest absolute Gasteiger partial charge is 2.00 e. The minimum absolute atomic E-state index is 0. The molecule has 1 aromatic carbocycles. The van der Waals surface area contributed by atoms with Gasteiger partial charge in [-0.25, -0.2) is 9.78 Å². The second-order valence-electron chi connectivity index (χ2n) is 9.97. The van der Waals surface area contributed by atoms with Gasteiger partial charge in [-0.1, -0.05) is 88.2 Å². The summed E-state index contributed by atoms with van der Waals surface area (Å²) in [5, 5.41) is 0. The van der Waals surface area contributed by atoms with Crippen LogP contribution in [0.1, 0.15) is 47.0 Å². The van der Waals surface area contributed by atoms with Crippen LogP contribution in [0.5, 0.6) is 0 Å². The number of fused-ring (bicyclic) bond motifs is 8. The molecule has 0 saturated heterocycles. The maximum absolute atomic E-state index is 12.0. The first-order valence-corrected chi connectivity index (χ1v) is 13.6. The van der Waals surface area contributed by atoms with Gasteiger partial charge in [0.15, 0.2) is 0 Å². The first-order chi connectivity index (χ1) is 18.2. The third kappa shape index (κ3) is 5.32. The molecule has 4 aromatic rings. The molecule has 0 unspecified atom stereocenters. The average molecular weight is 696 g/mol. The Kier molecular flexibility index (Phi) is 7.53. The third-order valence-electron chi connectivity index (χ3n) is 6.74. The summed E-state index contributed by atoms with van der Waals surface area (Å²) >= 11 is 7.37. The van der Waals surface area contributed by atoms with Crippen LogP contribution in [-0.4, -0.2) is 23.0 Å². The summed E-state index contributed by atoms with van der Waals surface area (Å²) in [5.41, 5.74) is 8.85. The van der Waals surface area contributed by atoms with Gasteiger partial charge in [-0.15, -0.1) is 22.1 Å². The zero-order valence-electron chi connectivity index (χ0n) is 21.6. The van der Waals surface area contributed by atoms with Gasteiger partial charge in [-0.3, -0.25) is 4.98 Å². The summed E-state index contributed by atoms with van der Waals surface area (Å²) < 4.78 is 6.65. The van der Waals surface area contributed by atoms with Gasteiger partial charge in [0, 0.05) is 32.2 Å². The molecule has 0 saturated carbocycles. The summed E-state index contributed by atoms with van der Waals surface area (Å²) in [6.45, 7) is 4.39. The number of benzene rings is 1. The van der Waals surface area contributed by atoms with E-state index < -0.39 is 0 Å². The predicted molar refractivity (Wildman–Crippen MR) is 157 cm³/mol. The monoisotopic (exact) mass is 692 g/mol. The fraction of sp³-hybridized carbons (Fsp3) is 0.167. The zero-order valence-corrected chi connectivity index (χ0v) is 27.8. The number of esters is 1. The van der Waals surface area contributed by atoms with Gasteiger partial charge in [0.2, 0.25) is 0 Å². The van der Waals surface area contributed by atoms with Crippen molar-refractivity contribution < 1.29 is 29.0 Å². The summed E-state index contributed by atoms with van der Waals surface area (Å²) in [4.78, 5) is 31.7. The van der Waals surface area contributed by atoms with E-state index in [1.807, 2.05) is 48.6 Å². The molecule has 0 fully saturated rings. The van der Waals surface area contributed by atoms with Crippen LogP contribution in [0.25, 0.3) is 45.3 Å². The maximum Gasteiger partial charge on any atom is 2.00 e. The quantitative estimate of drug-likeness (QED) is 0.143. The summed E-state index contributed by atoms with van der Waals surface area (Å²) in [6.07, 6.45) is 4.75. The second-order valence-corrected chi connectivity index (χ2v) is 11.7. The molecule has 39 heavy (non-hydrogen) atoms. The van der Waals surface area contributed by atoms with Crippen LogP contribution in [0.4, 0.5) is 0 Å². The van der Waals surface area contributed by atoms with Crippen LogP contribution in [0, 0.1) is 0 Å². The molecule has 0 atom stereocenters. The van der Waals surface area contributed by atoms with Gasteiger partial charge < -0.3 is 14.7 Å². The summed E-state index contributed by atoms with van der Waals surface area (Å²) in [6, 6.07) is 17.4. The van der Waals surface area contributed by atoms with E-state index in [4.69, 9.17) is 24.7 Å². The maximum atomic E-state index is 12.0. The molecule has 0 spiro atoms. The Morgan fingerprint density at radius 3 is 2.36 bits per heavy atom. The Hall–Kier alpha value is -2.87. The van der Waals surface area contributed by atoms with Gasteiger partial charge in [-0.2, -0.15) is 0 Å². The Labute approximate surface area is 255 Å². The molecule has 6 nitrogen and oxygen atoms in total. The number of hydrogen-bond donors (Lipinski definition) is 0.